The van der Waals surface area contributed by atoms with Crippen molar-refractivity contribution in [1.82, 2.24) is 15.5 Å². The predicted octanol–water partition coefficient (Wildman–Crippen LogP) is -0.375. The van der Waals surface area contributed by atoms with Crippen LogP contribution in [-0.4, -0.2) is 66.9 Å². The van der Waals surface area contributed by atoms with Crippen LogP contribution in [0.3, 0.4) is 0 Å². The van der Waals surface area contributed by atoms with E-state index in [4.69, 9.17) is 9.84 Å². The van der Waals surface area contributed by atoms with E-state index in [0.717, 1.165) is 39.3 Å². The van der Waals surface area contributed by atoms with Crippen LogP contribution in [0.5, 0.6) is 0 Å². The molecule has 0 atom stereocenters. The Morgan fingerprint density at radius 3 is 2.47 bits per heavy atom. The van der Waals surface area contributed by atoms with E-state index in [1.165, 1.54) is 0 Å². The summed E-state index contributed by atoms with van der Waals surface area (Å²) < 4.78 is 5.23. The van der Waals surface area contributed by atoms with E-state index in [-0.39, 0.29) is 0 Å². The molecule has 0 bridgehead atoms. The molecule has 2 rings (SSSR count). The van der Waals surface area contributed by atoms with Crippen molar-refractivity contribution in [2.75, 3.05) is 39.4 Å². The fraction of sp³-hybridized carbons (Fsp3) is 0.833. The van der Waals surface area contributed by atoms with Crippen LogP contribution in [-0.2, 0) is 9.53 Å². The molecule has 0 unspecified atom stereocenters. The molecule has 1 saturated carbocycles. The molecule has 0 aromatic rings. The first-order chi connectivity index (χ1) is 9.12. The Morgan fingerprint density at radius 1 is 1.26 bits per heavy atom. The highest BCUT2D eigenvalue weighted by molar-refractivity contribution is 5.87. The number of carbonyl (C=O) groups is 2. The first kappa shape index (κ1) is 14.1. The summed E-state index contributed by atoms with van der Waals surface area (Å²) in [5, 5.41) is 14.4. The van der Waals surface area contributed by atoms with E-state index in [0.29, 0.717) is 19.4 Å². The molecule has 0 aromatic carbocycles. The smallest absolute Gasteiger partial charge is 0.329 e. The third kappa shape index (κ3) is 3.57. The van der Waals surface area contributed by atoms with Gasteiger partial charge in [-0.1, -0.05) is 0 Å². The number of amides is 2. The Balaban J connectivity index is 1.65. The molecular weight excluding hydrogens is 250 g/mol. The van der Waals surface area contributed by atoms with Crippen molar-refractivity contribution in [3.63, 3.8) is 0 Å². The summed E-state index contributed by atoms with van der Waals surface area (Å²) in [6.07, 6.45) is 1.87. The van der Waals surface area contributed by atoms with Crippen LogP contribution in [0.15, 0.2) is 0 Å². The molecule has 2 fully saturated rings. The van der Waals surface area contributed by atoms with Crippen molar-refractivity contribution in [3.8, 4) is 0 Å². The minimum atomic E-state index is -1.04. The lowest BCUT2D eigenvalue weighted by Gasteiger charge is -2.38. The molecule has 0 spiro atoms. The highest BCUT2D eigenvalue weighted by Crippen LogP contribution is 2.31. The standard InChI is InChI=1S/C12H21N3O4/c16-10(17)12(2-1-3-12)14-11(18)13-4-5-15-6-8-19-9-7-15/h1-9H2,(H,16,17)(H2,13,14,18). The Labute approximate surface area is 112 Å². The van der Waals surface area contributed by atoms with Crippen molar-refractivity contribution >= 4 is 12.0 Å². The number of urea groups is 1. The normalized spacial score (nSPS) is 22.3. The van der Waals surface area contributed by atoms with Crippen molar-refractivity contribution in [2.45, 2.75) is 24.8 Å². The summed E-state index contributed by atoms with van der Waals surface area (Å²) in [6, 6.07) is -0.393. The molecule has 7 heteroatoms. The molecule has 0 aromatic heterocycles. The van der Waals surface area contributed by atoms with Crippen molar-refractivity contribution in [3.05, 3.63) is 0 Å². The summed E-state index contributed by atoms with van der Waals surface area (Å²) in [5.41, 5.74) is -1.04. The van der Waals surface area contributed by atoms with Gasteiger partial charge in [0.1, 0.15) is 5.54 Å². The maximum Gasteiger partial charge on any atom is 0.329 e. The van der Waals surface area contributed by atoms with Crippen LogP contribution >= 0.6 is 0 Å². The lowest BCUT2D eigenvalue weighted by atomic mass is 9.77. The molecule has 2 amide bonds. The van der Waals surface area contributed by atoms with Crippen LogP contribution in [0.25, 0.3) is 0 Å². The van der Waals surface area contributed by atoms with Gasteiger partial charge in [0.25, 0.3) is 0 Å². The van der Waals surface area contributed by atoms with E-state index in [2.05, 4.69) is 15.5 Å². The number of aliphatic carboxylic acids is 1. The minimum Gasteiger partial charge on any atom is -0.480 e. The second-order valence-electron chi connectivity index (χ2n) is 5.08. The van der Waals surface area contributed by atoms with Crippen LogP contribution in [0.2, 0.25) is 0 Å². The van der Waals surface area contributed by atoms with Crippen LogP contribution in [0.1, 0.15) is 19.3 Å². The van der Waals surface area contributed by atoms with E-state index in [9.17, 15) is 9.59 Å². The molecule has 108 valence electrons. The predicted molar refractivity (Wildman–Crippen MR) is 68.0 cm³/mol. The summed E-state index contributed by atoms with van der Waals surface area (Å²) in [6.45, 7) is 4.49. The number of rotatable bonds is 5. The third-order valence-corrected chi connectivity index (χ3v) is 3.79. The summed E-state index contributed by atoms with van der Waals surface area (Å²) in [4.78, 5) is 25.0. The fourth-order valence-corrected chi connectivity index (χ4v) is 2.34. The monoisotopic (exact) mass is 271 g/mol. The van der Waals surface area contributed by atoms with Gasteiger partial charge in [-0.2, -0.15) is 0 Å². The molecular formula is C12H21N3O4. The van der Waals surface area contributed by atoms with Gasteiger partial charge in [0.2, 0.25) is 0 Å². The topological polar surface area (TPSA) is 90.9 Å². The highest BCUT2D eigenvalue weighted by atomic mass is 16.5. The van der Waals surface area contributed by atoms with E-state index in [1.807, 2.05) is 0 Å². The lowest BCUT2D eigenvalue weighted by molar-refractivity contribution is -0.148. The average Bonchev–Trinajstić information content (AvgIpc) is 2.34. The average molecular weight is 271 g/mol. The van der Waals surface area contributed by atoms with E-state index < -0.39 is 17.5 Å². The second-order valence-corrected chi connectivity index (χ2v) is 5.08. The molecule has 1 heterocycles. The second kappa shape index (κ2) is 6.21. The SMILES string of the molecule is O=C(NCCN1CCOCC1)NC1(C(=O)O)CCC1. The van der Waals surface area contributed by atoms with Crippen LogP contribution in [0.4, 0.5) is 4.79 Å². The highest BCUT2D eigenvalue weighted by Gasteiger charge is 2.45. The molecule has 2 aliphatic rings. The summed E-state index contributed by atoms with van der Waals surface area (Å²) >= 11 is 0. The van der Waals surface area contributed by atoms with Gasteiger partial charge in [-0.15, -0.1) is 0 Å². The molecule has 19 heavy (non-hydrogen) atoms. The van der Waals surface area contributed by atoms with Gasteiger partial charge in [0.15, 0.2) is 0 Å². The summed E-state index contributed by atoms with van der Waals surface area (Å²) in [7, 11) is 0. The van der Waals surface area contributed by atoms with E-state index >= 15 is 0 Å². The molecule has 1 aliphatic carbocycles. The van der Waals surface area contributed by atoms with Gasteiger partial charge in [-0.3, -0.25) is 4.90 Å². The zero-order valence-corrected chi connectivity index (χ0v) is 11.0. The van der Waals surface area contributed by atoms with Crippen LogP contribution in [0, 0.1) is 0 Å². The number of nitrogens with one attached hydrogen (secondary N) is 2. The Morgan fingerprint density at radius 2 is 1.95 bits per heavy atom. The number of ether oxygens (including phenoxy) is 1. The first-order valence-electron chi connectivity index (χ1n) is 6.72. The van der Waals surface area contributed by atoms with Gasteiger partial charge < -0.3 is 20.5 Å². The zero-order valence-electron chi connectivity index (χ0n) is 11.0. The van der Waals surface area contributed by atoms with Crippen LogP contribution < -0.4 is 10.6 Å². The van der Waals surface area contributed by atoms with Crippen molar-refractivity contribution in [2.24, 2.45) is 0 Å². The number of carboxylic acids is 1. The largest absolute Gasteiger partial charge is 0.480 e. The third-order valence-electron chi connectivity index (χ3n) is 3.79. The Kier molecular flexibility index (Phi) is 4.60. The van der Waals surface area contributed by atoms with Gasteiger partial charge in [0, 0.05) is 26.2 Å². The zero-order chi connectivity index (χ0) is 13.7. The number of carbonyl (C=O) groups excluding carboxylic acids is 1. The molecule has 7 nitrogen and oxygen atoms in total. The van der Waals surface area contributed by atoms with Crippen molar-refractivity contribution in [1.29, 1.82) is 0 Å². The van der Waals surface area contributed by atoms with Gasteiger partial charge in [0.05, 0.1) is 13.2 Å². The molecule has 0 radical (unpaired) electrons. The van der Waals surface area contributed by atoms with Gasteiger partial charge in [-0.05, 0) is 19.3 Å². The number of hydrogen-bond donors (Lipinski definition) is 3. The first-order valence-corrected chi connectivity index (χ1v) is 6.72. The van der Waals surface area contributed by atoms with Gasteiger partial charge in [-0.25, -0.2) is 9.59 Å². The number of morpholine rings is 1. The number of hydrogen-bond acceptors (Lipinski definition) is 4. The minimum absolute atomic E-state index is 0.393. The quantitative estimate of drug-likeness (QED) is 0.634. The number of nitrogens with zero attached hydrogens (tertiary/aromatic N) is 1. The van der Waals surface area contributed by atoms with Crippen molar-refractivity contribution < 1.29 is 19.4 Å². The molecule has 1 saturated heterocycles. The number of carboxylic acid groups (broad SMARTS) is 1. The molecule has 1 aliphatic heterocycles. The van der Waals surface area contributed by atoms with E-state index in [1.54, 1.807) is 0 Å². The maximum absolute atomic E-state index is 11.7. The maximum atomic E-state index is 11.7. The van der Waals surface area contributed by atoms with Gasteiger partial charge >= 0.3 is 12.0 Å². The fourth-order valence-electron chi connectivity index (χ4n) is 2.34. The lowest BCUT2D eigenvalue weighted by Crippen LogP contribution is -2.61. The summed E-state index contributed by atoms with van der Waals surface area (Å²) in [5.74, 6) is -0.943. The molecule has 3 N–H and O–H groups in total. The Bertz CT molecular complexity index is 338. The Hall–Kier alpha value is -1.34.